The molecule has 3 aromatic heterocycles. The van der Waals surface area contributed by atoms with Gasteiger partial charge in [0.25, 0.3) is 0 Å². The molecule has 0 aliphatic rings. The molecule has 0 fully saturated rings. The number of hydrogen-bond donors (Lipinski definition) is 0. The van der Waals surface area contributed by atoms with Crippen molar-refractivity contribution in [3.05, 3.63) is 188 Å². The number of rotatable bonds is 6. The van der Waals surface area contributed by atoms with Gasteiger partial charge < -0.3 is 0 Å². The maximum Gasteiger partial charge on any atom is 0.160 e. The predicted molar refractivity (Wildman–Crippen MR) is 223 cm³/mol. The number of benzene rings is 7. The molecule has 0 N–H and O–H groups in total. The highest BCUT2D eigenvalue weighted by atomic mass is 32.1. The molecule has 10 rings (SSSR count). The van der Waals surface area contributed by atoms with Gasteiger partial charge in [-0.05, 0) is 40.1 Å². The minimum atomic E-state index is 0.710. The average Bonchev–Trinajstić information content (AvgIpc) is 3.65. The Morgan fingerprint density at radius 2 is 0.925 bits per heavy atom. The molecule has 3 nitrogen and oxygen atoms in total. The summed E-state index contributed by atoms with van der Waals surface area (Å²) in [4.78, 5) is 16.6. The lowest BCUT2D eigenvalue weighted by atomic mass is 9.93. The van der Waals surface area contributed by atoms with Crippen LogP contribution in [0.15, 0.2) is 188 Å². The molecule has 3 heterocycles. The van der Waals surface area contributed by atoms with Crippen LogP contribution in [0, 0.1) is 0 Å². The molecule has 4 heteroatoms. The van der Waals surface area contributed by atoms with Gasteiger partial charge in [-0.1, -0.05) is 170 Å². The molecule has 0 radical (unpaired) electrons. The number of pyridine rings is 1. The van der Waals surface area contributed by atoms with E-state index in [9.17, 15) is 0 Å². The third-order valence-corrected chi connectivity index (χ3v) is 11.1. The fourth-order valence-corrected chi connectivity index (χ4v) is 8.64. The van der Waals surface area contributed by atoms with E-state index in [0.717, 1.165) is 55.8 Å². The molecular weight excluding hydrogens is 663 g/mol. The van der Waals surface area contributed by atoms with Crippen LogP contribution in [0.2, 0.25) is 0 Å². The van der Waals surface area contributed by atoms with Crippen LogP contribution in [0.3, 0.4) is 0 Å². The van der Waals surface area contributed by atoms with Gasteiger partial charge in [-0.2, -0.15) is 0 Å². The molecule has 10 aromatic rings. The molecular formula is C49H31N3S. The Balaban J connectivity index is 1.19. The van der Waals surface area contributed by atoms with E-state index in [1.54, 1.807) is 0 Å². The van der Waals surface area contributed by atoms with Gasteiger partial charge in [0.05, 0.1) is 27.3 Å². The molecule has 0 amide bonds. The molecule has 0 aliphatic heterocycles. The first kappa shape index (κ1) is 31.0. The first-order chi connectivity index (χ1) is 26.3. The molecule has 0 atom stereocenters. The second-order valence-corrected chi connectivity index (χ2v) is 14.2. The molecule has 248 valence electrons. The van der Waals surface area contributed by atoms with Gasteiger partial charge >= 0.3 is 0 Å². The third-order valence-electron chi connectivity index (χ3n) is 9.88. The van der Waals surface area contributed by atoms with Gasteiger partial charge in [0.15, 0.2) is 5.82 Å². The lowest BCUT2D eigenvalue weighted by Crippen LogP contribution is -1.95. The fraction of sp³-hybridized carbons (Fsp3) is 0. The monoisotopic (exact) mass is 693 g/mol. The predicted octanol–water partition coefficient (Wildman–Crippen LogP) is 13.4. The van der Waals surface area contributed by atoms with Crippen LogP contribution in [0.5, 0.6) is 0 Å². The minimum absolute atomic E-state index is 0.710. The van der Waals surface area contributed by atoms with E-state index in [2.05, 4.69) is 152 Å². The summed E-state index contributed by atoms with van der Waals surface area (Å²) in [7, 11) is 0. The average molecular weight is 694 g/mol. The highest BCUT2D eigenvalue weighted by Crippen LogP contribution is 2.50. The van der Waals surface area contributed by atoms with Crippen molar-refractivity contribution < 1.29 is 0 Å². The van der Waals surface area contributed by atoms with Gasteiger partial charge in [-0.25, -0.2) is 15.0 Å². The van der Waals surface area contributed by atoms with Crippen LogP contribution >= 0.6 is 11.3 Å². The fourth-order valence-electron chi connectivity index (χ4n) is 7.28. The zero-order chi connectivity index (χ0) is 35.1. The molecule has 0 spiro atoms. The summed E-state index contributed by atoms with van der Waals surface area (Å²) >= 11 is 1.83. The van der Waals surface area contributed by atoms with E-state index < -0.39 is 0 Å². The minimum Gasteiger partial charge on any atom is -0.246 e. The zero-order valence-electron chi connectivity index (χ0n) is 28.6. The highest BCUT2D eigenvalue weighted by Gasteiger charge is 2.22. The maximum absolute atomic E-state index is 5.28. The normalized spacial score (nSPS) is 11.4. The second kappa shape index (κ2) is 13.1. The van der Waals surface area contributed by atoms with E-state index in [0.29, 0.717) is 5.82 Å². The first-order valence-electron chi connectivity index (χ1n) is 17.8. The highest BCUT2D eigenvalue weighted by molar-refractivity contribution is 7.23. The number of hydrogen-bond acceptors (Lipinski definition) is 4. The van der Waals surface area contributed by atoms with Crippen molar-refractivity contribution >= 4 is 43.1 Å². The Hall–Kier alpha value is -6.75. The number of thiophene rings is 1. The Labute approximate surface area is 311 Å². The van der Waals surface area contributed by atoms with Crippen LogP contribution in [0.25, 0.3) is 98.5 Å². The Kier molecular flexibility index (Phi) is 7.67. The maximum atomic E-state index is 5.28. The molecule has 0 unspecified atom stereocenters. The van der Waals surface area contributed by atoms with Gasteiger partial charge in [0.1, 0.15) is 0 Å². The van der Waals surface area contributed by atoms with Gasteiger partial charge in [0, 0.05) is 43.5 Å². The lowest BCUT2D eigenvalue weighted by molar-refractivity contribution is 1.18. The van der Waals surface area contributed by atoms with Gasteiger partial charge in [-0.3, -0.25) is 0 Å². The third kappa shape index (κ3) is 5.66. The van der Waals surface area contributed by atoms with E-state index in [1.165, 1.54) is 36.9 Å². The molecule has 0 aliphatic carbocycles. The number of nitrogens with zero attached hydrogens (tertiary/aromatic N) is 3. The summed E-state index contributed by atoms with van der Waals surface area (Å²) in [6.07, 6.45) is 0. The van der Waals surface area contributed by atoms with Crippen LogP contribution in [0.1, 0.15) is 0 Å². The summed E-state index contributed by atoms with van der Waals surface area (Å²) in [6.45, 7) is 0. The quantitative estimate of drug-likeness (QED) is 0.174. The number of fused-ring (bicyclic) bond motifs is 4. The molecule has 0 saturated carbocycles. The Morgan fingerprint density at radius 1 is 0.377 bits per heavy atom. The molecule has 0 saturated heterocycles. The SMILES string of the molecule is c1ccc(-c2cc(-c3ccc(-c4sc5c(-c6ccccc6)nc6ccccc6c5c4-c4ccc5ccccc5c4)cc3)nc(-c3ccccc3)n2)cc1. The van der Waals surface area contributed by atoms with Crippen molar-refractivity contribution in [2.75, 3.05) is 0 Å². The van der Waals surface area contributed by atoms with Gasteiger partial charge in [0.2, 0.25) is 0 Å². The van der Waals surface area contributed by atoms with Crippen molar-refractivity contribution in [3.63, 3.8) is 0 Å². The van der Waals surface area contributed by atoms with Crippen molar-refractivity contribution in [1.82, 2.24) is 15.0 Å². The second-order valence-electron chi connectivity index (χ2n) is 13.2. The summed E-state index contributed by atoms with van der Waals surface area (Å²) in [5.74, 6) is 0.710. The standard InChI is InChI=1S/C49H31N3S/c1-4-15-33(16-5-1)42-31-43(52-49(51-42)37-19-8-3-9-20-37)34-25-27-36(28-26-34)47-44(39-29-24-32-14-10-11-21-38(32)30-39)45-40-22-12-13-23-41(40)50-46(48(45)53-47)35-17-6-2-7-18-35/h1-31H. The molecule has 53 heavy (non-hydrogen) atoms. The van der Waals surface area contributed by atoms with Crippen LogP contribution in [-0.4, -0.2) is 15.0 Å². The Morgan fingerprint density at radius 3 is 1.64 bits per heavy atom. The van der Waals surface area contributed by atoms with Crippen LogP contribution in [-0.2, 0) is 0 Å². The smallest absolute Gasteiger partial charge is 0.160 e. The number of para-hydroxylation sites is 1. The summed E-state index contributed by atoms with van der Waals surface area (Å²) in [5.41, 5.74) is 11.6. The summed E-state index contributed by atoms with van der Waals surface area (Å²) in [6, 6.07) is 66.1. The first-order valence-corrected chi connectivity index (χ1v) is 18.6. The summed E-state index contributed by atoms with van der Waals surface area (Å²) < 4.78 is 1.19. The topological polar surface area (TPSA) is 38.7 Å². The molecule has 7 aromatic carbocycles. The number of aromatic nitrogens is 3. The summed E-state index contributed by atoms with van der Waals surface area (Å²) in [5, 5.41) is 4.85. The van der Waals surface area contributed by atoms with Gasteiger partial charge in [-0.15, -0.1) is 11.3 Å². The van der Waals surface area contributed by atoms with E-state index in [-0.39, 0.29) is 0 Å². The van der Waals surface area contributed by atoms with E-state index in [1.807, 2.05) is 47.7 Å². The molecule has 0 bridgehead atoms. The van der Waals surface area contributed by atoms with Crippen LogP contribution in [0.4, 0.5) is 0 Å². The largest absolute Gasteiger partial charge is 0.246 e. The Bertz CT molecular complexity index is 2860. The van der Waals surface area contributed by atoms with Crippen molar-refractivity contribution in [1.29, 1.82) is 0 Å². The van der Waals surface area contributed by atoms with Crippen molar-refractivity contribution in [3.8, 4) is 66.7 Å². The van der Waals surface area contributed by atoms with Crippen molar-refractivity contribution in [2.24, 2.45) is 0 Å². The van der Waals surface area contributed by atoms with E-state index in [4.69, 9.17) is 15.0 Å². The van der Waals surface area contributed by atoms with Crippen molar-refractivity contribution in [2.45, 2.75) is 0 Å². The van der Waals surface area contributed by atoms with Crippen LogP contribution < -0.4 is 0 Å². The lowest BCUT2D eigenvalue weighted by Gasteiger charge is -2.11. The zero-order valence-corrected chi connectivity index (χ0v) is 29.5. The van der Waals surface area contributed by atoms with E-state index >= 15 is 0 Å².